The van der Waals surface area contributed by atoms with Gasteiger partial charge in [0, 0.05) is 18.3 Å². The topological polar surface area (TPSA) is 112 Å². The minimum atomic E-state index is -1.09. The van der Waals surface area contributed by atoms with Crippen molar-refractivity contribution in [1.82, 2.24) is 10.3 Å². The Kier molecular flexibility index (Phi) is 7.75. The number of nitrogens with one attached hydrogen (secondary N) is 2. The lowest BCUT2D eigenvalue weighted by Crippen LogP contribution is -2.48. The lowest BCUT2D eigenvalue weighted by molar-refractivity contribution is -0.142. The summed E-state index contributed by atoms with van der Waals surface area (Å²) in [4.78, 5) is 27.4. The highest BCUT2D eigenvalue weighted by molar-refractivity contribution is 7.13. The van der Waals surface area contributed by atoms with Crippen molar-refractivity contribution in [2.24, 2.45) is 5.92 Å². The van der Waals surface area contributed by atoms with E-state index in [1.165, 1.54) is 11.3 Å². The van der Waals surface area contributed by atoms with Gasteiger partial charge in [-0.2, -0.15) is 0 Å². The molecule has 1 aromatic carbocycles. The van der Waals surface area contributed by atoms with E-state index >= 15 is 0 Å². The highest BCUT2D eigenvalue weighted by Crippen LogP contribution is 2.18. The van der Waals surface area contributed by atoms with Gasteiger partial charge < -0.3 is 15.5 Å². The number of carboxylic acid groups (broad SMARTS) is 2. The number of hydrogen-bond acceptors (Lipinski definition) is 6. The summed E-state index contributed by atoms with van der Waals surface area (Å²) in [7, 11) is 0. The van der Waals surface area contributed by atoms with Crippen molar-refractivity contribution >= 4 is 28.4 Å². The fourth-order valence-electron chi connectivity index (χ4n) is 2.64. The largest absolute Gasteiger partial charge is 0.480 e. The van der Waals surface area contributed by atoms with Gasteiger partial charge in [-0.05, 0) is 17.9 Å². The normalized spacial score (nSPS) is 13.3. The fourth-order valence-corrected chi connectivity index (χ4v) is 3.36. The second-order valence-electron chi connectivity index (χ2n) is 6.77. The molecule has 1 aromatic heterocycles. The summed E-state index contributed by atoms with van der Waals surface area (Å²) >= 11 is 1.40. The molecule has 0 bridgehead atoms. The first kappa shape index (κ1) is 20.9. The van der Waals surface area contributed by atoms with Crippen molar-refractivity contribution in [3.05, 3.63) is 47.0 Å². The number of aliphatic carboxylic acids is 2. The van der Waals surface area contributed by atoms with Crippen molar-refractivity contribution in [3.8, 4) is 0 Å². The minimum Gasteiger partial charge on any atom is -0.480 e. The average Bonchev–Trinajstić information content (AvgIpc) is 3.06. The van der Waals surface area contributed by atoms with E-state index in [1.807, 2.05) is 44.2 Å². The number of aromatic nitrogens is 1. The first-order valence-electron chi connectivity index (χ1n) is 8.79. The van der Waals surface area contributed by atoms with Crippen LogP contribution < -0.4 is 10.6 Å². The van der Waals surface area contributed by atoms with Crippen LogP contribution in [0.2, 0.25) is 0 Å². The highest BCUT2D eigenvalue weighted by atomic mass is 32.1. The Morgan fingerprint density at radius 1 is 1.11 bits per heavy atom. The molecule has 27 heavy (non-hydrogen) atoms. The molecule has 0 saturated heterocycles. The van der Waals surface area contributed by atoms with E-state index < -0.39 is 24.0 Å². The van der Waals surface area contributed by atoms with Crippen LogP contribution in [0.5, 0.6) is 0 Å². The minimum absolute atomic E-state index is 0.126. The van der Waals surface area contributed by atoms with Gasteiger partial charge in [0.1, 0.15) is 12.1 Å². The van der Waals surface area contributed by atoms with E-state index in [9.17, 15) is 19.8 Å². The van der Waals surface area contributed by atoms with E-state index in [1.54, 1.807) is 5.38 Å². The molecule has 0 fully saturated rings. The first-order valence-corrected chi connectivity index (χ1v) is 9.67. The van der Waals surface area contributed by atoms with E-state index in [0.717, 1.165) is 5.56 Å². The van der Waals surface area contributed by atoms with Crippen LogP contribution in [0, 0.1) is 5.92 Å². The predicted octanol–water partition coefficient (Wildman–Crippen LogP) is 2.84. The quantitative estimate of drug-likeness (QED) is 0.466. The molecule has 2 unspecified atom stereocenters. The van der Waals surface area contributed by atoms with Crippen molar-refractivity contribution in [3.63, 3.8) is 0 Å². The number of anilines is 1. The summed E-state index contributed by atoms with van der Waals surface area (Å²) < 4.78 is 0. The van der Waals surface area contributed by atoms with Crippen molar-refractivity contribution in [2.45, 2.75) is 45.3 Å². The van der Waals surface area contributed by atoms with Gasteiger partial charge in [-0.3, -0.25) is 14.9 Å². The monoisotopic (exact) mass is 391 g/mol. The van der Waals surface area contributed by atoms with Crippen LogP contribution in [0.25, 0.3) is 0 Å². The molecule has 0 aliphatic rings. The van der Waals surface area contributed by atoms with Gasteiger partial charge in [0.05, 0.1) is 5.69 Å². The second kappa shape index (κ2) is 10.0. The van der Waals surface area contributed by atoms with Crippen LogP contribution in [-0.4, -0.2) is 39.2 Å². The molecule has 8 heteroatoms. The SMILES string of the molecule is CC(C)CC(NC(Cc1csc(NCc2ccccc2)n1)C(=O)O)C(=O)O. The zero-order chi connectivity index (χ0) is 19.8. The van der Waals surface area contributed by atoms with E-state index in [-0.39, 0.29) is 12.3 Å². The van der Waals surface area contributed by atoms with Gasteiger partial charge in [-0.15, -0.1) is 11.3 Å². The van der Waals surface area contributed by atoms with E-state index in [4.69, 9.17) is 0 Å². The summed E-state index contributed by atoms with van der Waals surface area (Å²) in [5, 5.41) is 27.2. The number of thiazole rings is 1. The Morgan fingerprint density at radius 3 is 2.37 bits per heavy atom. The molecule has 7 nitrogen and oxygen atoms in total. The predicted molar refractivity (Wildman–Crippen MR) is 105 cm³/mol. The number of carbonyl (C=O) groups is 2. The second-order valence-corrected chi connectivity index (χ2v) is 7.62. The van der Waals surface area contributed by atoms with E-state index in [2.05, 4.69) is 15.6 Å². The molecule has 0 spiro atoms. The Balaban J connectivity index is 1.96. The molecule has 2 aromatic rings. The molecule has 0 aliphatic heterocycles. The average molecular weight is 391 g/mol. The molecule has 146 valence electrons. The standard InChI is InChI=1S/C19H25N3O4S/c1-12(2)8-15(17(23)24)22-16(18(25)26)9-14-11-27-19(21-14)20-10-13-6-4-3-5-7-13/h3-7,11-12,15-16,22H,8-10H2,1-2H3,(H,20,21)(H,23,24)(H,25,26). The smallest absolute Gasteiger partial charge is 0.321 e. The molecule has 0 saturated carbocycles. The molecule has 4 N–H and O–H groups in total. The van der Waals surface area contributed by atoms with Crippen LogP contribution >= 0.6 is 11.3 Å². The van der Waals surface area contributed by atoms with Crippen molar-refractivity contribution in [2.75, 3.05) is 5.32 Å². The van der Waals surface area contributed by atoms with Crippen LogP contribution in [-0.2, 0) is 22.6 Å². The number of nitrogens with zero attached hydrogens (tertiary/aromatic N) is 1. The van der Waals surface area contributed by atoms with Crippen molar-refractivity contribution < 1.29 is 19.8 Å². The summed E-state index contributed by atoms with van der Waals surface area (Å²) in [5.41, 5.74) is 1.74. The molecule has 0 radical (unpaired) electrons. The van der Waals surface area contributed by atoms with Gasteiger partial charge in [-0.25, -0.2) is 4.98 Å². The summed E-state index contributed by atoms with van der Waals surface area (Å²) in [5.74, 6) is -1.99. The Morgan fingerprint density at radius 2 is 1.78 bits per heavy atom. The van der Waals surface area contributed by atoms with Crippen LogP contribution in [0.4, 0.5) is 5.13 Å². The molecular formula is C19H25N3O4S. The number of hydrogen-bond donors (Lipinski definition) is 4. The van der Waals surface area contributed by atoms with Gasteiger partial charge in [0.25, 0.3) is 0 Å². The van der Waals surface area contributed by atoms with E-state index in [0.29, 0.717) is 23.8 Å². The third kappa shape index (κ3) is 6.99. The van der Waals surface area contributed by atoms with Crippen molar-refractivity contribution in [1.29, 1.82) is 0 Å². The summed E-state index contributed by atoms with van der Waals surface area (Å²) in [6, 6.07) is 7.98. The third-order valence-electron chi connectivity index (χ3n) is 3.96. The Labute approximate surface area is 162 Å². The Hall–Kier alpha value is -2.45. The van der Waals surface area contributed by atoms with Gasteiger partial charge in [0.15, 0.2) is 5.13 Å². The first-order chi connectivity index (χ1) is 12.8. The molecule has 0 amide bonds. The molecule has 2 rings (SSSR count). The molecule has 0 aliphatic carbocycles. The maximum atomic E-state index is 11.6. The summed E-state index contributed by atoms with van der Waals surface area (Å²) in [6.45, 7) is 4.43. The number of rotatable bonds is 11. The highest BCUT2D eigenvalue weighted by Gasteiger charge is 2.27. The maximum absolute atomic E-state index is 11.6. The zero-order valence-corrected chi connectivity index (χ0v) is 16.2. The van der Waals surface area contributed by atoms with Crippen LogP contribution in [0.3, 0.4) is 0 Å². The zero-order valence-electron chi connectivity index (χ0n) is 15.4. The fraction of sp³-hybridized carbons (Fsp3) is 0.421. The Bertz CT molecular complexity index is 748. The number of carboxylic acids is 2. The van der Waals surface area contributed by atoms with Gasteiger partial charge in [-0.1, -0.05) is 44.2 Å². The lowest BCUT2D eigenvalue weighted by atomic mass is 10.0. The van der Waals surface area contributed by atoms with Gasteiger partial charge in [0.2, 0.25) is 0 Å². The maximum Gasteiger partial charge on any atom is 0.321 e. The number of benzene rings is 1. The lowest BCUT2D eigenvalue weighted by Gasteiger charge is -2.21. The molecule has 2 atom stereocenters. The third-order valence-corrected chi connectivity index (χ3v) is 4.81. The van der Waals surface area contributed by atoms with Gasteiger partial charge >= 0.3 is 11.9 Å². The molecular weight excluding hydrogens is 366 g/mol. The van der Waals surface area contributed by atoms with Crippen LogP contribution in [0.1, 0.15) is 31.5 Å². The molecule has 1 heterocycles. The van der Waals surface area contributed by atoms with Crippen LogP contribution in [0.15, 0.2) is 35.7 Å². The summed E-state index contributed by atoms with van der Waals surface area (Å²) in [6.07, 6.45) is 0.487.